The number of aromatic nitrogens is 3. The molecule has 0 bridgehead atoms. The van der Waals surface area contributed by atoms with Gasteiger partial charge < -0.3 is 29.9 Å². The maximum absolute atomic E-state index is 13.9. The molecule has 41 heavy (non-hydrogen) atoms. The van der Waals surface area contributed by atoms with Crippen LogP contribution in [0.15, 0.2) is 30.6 Å². The third-order valence-electron chi connectivity index (χ3n) is 7.19. The summed E-state index contributed by atoms with van der Waals surface area (Å²) in [7, 11) is 1.68. The fourth-order valence-electron chi connectivity index (χ4n) is 5.01. The molecule has 14 heteroatoms. The highest BCUT2D eigenvalue weighted by Gasteiger charge is 2.42. The van der Waals surface area contributed by atoms with Crippen molar-refractivity contribution in [3.8, 4) is 5.82 Å². The van der Waals surface area contributed by atoms with Gasteiger partial charge in [0.05, 0.1) is 18.9 Å². The van der Waals surface area contributed by atoms with E-state index in [4.69, 9.17) is 35.0 Å². The van der Waals surface area contributed by atoms with E-state index in [1.165, 1.54) is 16.9 Å². The molecule has 4 N–H and O–H groups in total. The first kappa shape index (κ1) is 30.7. The Bertz CT molecular complexity index is 1350. The second kappa shape index (κ2) is 13.1. The monoisotopic (exact) mass is 592 g/mol. The molecule has 2 atom stereocenters. The number of aliphatic carboxylic acids is 2. The van der Waals surface area contributed by atoms with Crippen LogP contribution in [-0.4, -0.2) is 91.0 Å². The number of methoxy groups -OCH3 is 1. The van der Waals surface area contributed by atoms with E-state index in [2.05, 4.69) is 16.1 Å². The van der Waals surface area contributed by atoms with Gasteiger partial charge in [0.25, 0.3) is 0 Å². The topological polar surface area (TPSA) is 167 Å². The fourth-order valence-corrected chi connectivity index (χ4v) is 6.14. The average Bonchev–Trinajstić information content (AvgIpc) is 3.52. The lowest BCUT2D eigenvalue weighted by molar-refractivity contribution is -0.165. The Balaban J connectivity index is 0.000000334. The minimum atomic E-state index is -2.27. The summed E-state index contributed by atoms with van der Waals surface area (Å²) in [6.07, 6.45) is 1.93. The third-order valence-corrected chi connectivity index (χ3v) is 8.34. The van der Waals surface area contributed by atoms with E-state index in [-0.39, 0.29) is 10.7 Å². The molecule has 0 radical (unpaired) electrons. The van der Waals surface area contributed by atoms with Gasteiger partial charge in [-0.3, -0.25) is 4.90 Å². The minimum absolute atomic E-state index is 0.0947. The van der Waals surface area contributed by atoms with Crippen molar-refractivity contribution in [2.75, 3.05) is 26.8 Å². The summed E-state index contributed by atoms with van der Waals surface area (Å²) in [6.45, 7) is 5.89. The van der Waals surface area contributed by atoms with Gasteiger partial charge in [0, 0.05) is 55.1 Å². The van der Waals surface area contributed by atoms with Crippen molar-refractivity contribution >= 4 is 23.3 Å². The summed E-state index contributed by atoms with van der Waals surface area (Å²) in [5, 5.41) is 37.1. The molecule has 2 aliphatic heterocycles. The fraction of sp³-hybridized carbons (Fsp3) is 0.481. The number of aliphatic hydroxyl groups is 2. The quantitative estimate of drug-likeness (QED) is 0.301. The highest BCUT2D eigenvalue weighted by atomic mass is 32.1. The number of hydrogen-bond donors (Lipinski definition) is 4. The Morgan fingerprint density at radius 2 is 1.88 bits per heavy atom. The Morgan fingerprint density at radius 1 is 1.20 bits per heavy atom. The average molecular weight is 593 g/mol. The van der Waals surface area contributed by atoms with E-state index in [1.807, 2.05) is 23.7 Å². The minimum Gasteiger partial charge on any atom is -0.479 e. The maximum atomic E-state index is 13.9. The molecular formula is C27H33FN4O8S. The number of pyridine rings is 1. The normalized spacial score (nSPS) is 17.8. The zero-order valence-corrected chi connectivity index (χ0v) is 23.5. The van der Waals surface area contributed by atoms with Crippen molar-refractivity contribution in [1.29, 1.82) is 0 Å². The smallest absolute Gasteiger partial charge is 0.335 e. The summed E-state index contributed by atoms with van der Waals surface area (Å²) >= 11 is 1.27. The third kappa shape index (κ3) is 6.97. The van der Waals surface area contributed by atoms with Crippen LogP contribution in [0.25, 0.3) is 5.82 Å². The first-order valence-corrected chi connectivity index (χ1v) is 13.8. The molecule has 5 rings (SSSR count). The zero-order chi connectivity index (χ0) is 29.7. The van der Waals surface area contributed by atoms with E-state index in [1.54, 1.807) is 19.4 Å². The van der Waals surface area contributed by atoms with Crippen LogP contribution in [-0.2, 0) is 44.2 Å². The molecule has 3 aromatic rings. The zero-order valence-electron chi connectivity index (χ0n) is 22.7. The van der Waals surface area contributed by atoms with E-state index in [0.29, 0.717) is 13.2 Å². The van der Waals surface area contributed by atoms with Crippen molar-refractivity contribution in [3.63, 3.8) is 0 Å². The lowest BCUT2D eigenvalue weighted by atomic mass is 9.85. The molecule has 5 heterocycles. The van der Waals surface area contributed by atoms with Crippen LogP contribution in [0.2, 0.25) is 0 Å². The summed E-state index contributed by atoms with van der Waals surface area (Å²) < 4.78 is 27.3. The van der Waals surface area contributed by atoms with Crippen LogP contribution in [0.4, 0.5) is 4.39 Å². The number of carboxylic acid groups (broad SMARTS) is 2. The molecule has 0 aromatic carbocycles. The predicted octanol–water partition coefficient (Wildman–Crippen LogP) is 1.86. The van der Waals surface area contributed by atoms with Crippen molar-refractivity contribution in [2.45, 2.75) is 57.1 Å². The second-order valence-electron chi connectivity index (χ2n) is 9.94. The van der Waals surface area contributed by atoms with Crippen molar-refractivity contribution < 1.29 is 43.9 Å². The number of aliphatic hydroxyl groups excluding tert-OH is 2. The van der Waals surface area contributed by atoms with Crippen LogP contribution in [0.3, 0.4) is 0 Å². The van der Waals surface area contributed by atoms with Crippen molar-refractivity contribution in [3.05, 3.63) is 63.0 Å². The molecule has 0 aliphatic carbocycles. The molecule has 12 nitrogen and oxygen atoms in total. The van der Waals surface area contributed by atoms with E-state index in [0.717, 1.165) is 66.4 Å². The summed E-state index contributed by atoms with van der Waals surface area (Å²) in [5.74, 6) is -2.73. The first-order valence-electron chi connectivity index (χ1n) is 13.0. The van der Waals surface area contributed by atoms with Crippen LogP contribution >= 0.6 is 11.3 Å². The molecule has 2 aliphatic rings. The standard InChI is InChI=1S/C23H27FN4O2S.C4H6O6/c1-16-19(14-28(26-16)22-18(15-29-2)4-3-8-25-22)13-27-9-6-23(7-10-27)21-17(5-11-30-23)12-20(24)31-21;5-1(3(7)8)2(6)4(9)10/h3-4,8,12,14H,5-7,9-11,13,15H2,1-2H3;1-2,5-6H,(H,7,8)(H,9,10)/t;1-,2-/m.1/s1. The predicted molar refractivity (Wildman–Crippen MR) is 144 cm³/mol. The molecular weight excluding hydrogens is 559 g/mol. The Hall–Kier alpha value is -3.27. The van der Waals surface area contributed by atoms with Crippen LogP contribution in [0.5, 0.6) is 0 Å². The van der Waals surface area contributed by atoms with E-state index < -0.39 is 24.1 Å². The molecule has 1 spiro atoms. The number of halogens is 1. The van der Waals surface area contributed by atoms with Crippen LogP contribution in [0.1, 0.15) is 40.1 Å². The number of carbonyl (C=O) groups is 2. The summed E-state index contributed by atoms with van der Waals surface area (Å²) in [5.41, 5.74) is 4.04. The van der Waals surface area contributed by atoms with Crippen LogP contribution < -0.4 is 0 Å². The van der Waals surface area contributed by atoms with Crippen molar-refractivity contribution in [2.24, 2.45) is 0 Å². The largest absolute Gasteiger partial charge is 0.479 e. The number of rotatable bonds is 8. The van der Waals surface area contributed by atoms with Crippen molar-refractivity contribution in [1.82, 2.24) is 19.7 Å². The van der Waals surface area contributed by atoms with Gasteiger partial charge in [0.1, 0.15) is 5.60 Å². The first-order chi connectivity index (χ1) is 19.5. The number of ether oxygens (including phenoxy) is 2. The number of aryl methyl sites for hydroxylation is 1. The van der Waals surface area contributed by atoms with E-state index >= 15 is 0 Å². The molecule has 0 saturated carbocycles. The Morgan fingerprint density at radius 3 is 2.51 bits per heavy atom. The van der Waals surface area contributed by atoms with Gasteiger partial charge >= 0.3 is 11.9 Å². The van der Waals surface area contributed by atoms with Gasteiger partial charge in [-0.15, -0.1) is 11.3 Å². The number of likely N-dealkylation sites (tertiary alicyclic amines) is 1. The second-order valence-corrected chi connectivity index (χ2v) is 10.9. The molecule has 3 aromatic heterocycles. The van der Waals surface area contributed by atoms with Gasteiger partial charge in [-0.25, -0.2) is 19.3 Å². The highest BCUT2D eigenvalue weighted by molar-refractivity contribution is 7.10. The maximum Gasteiger partial charge on any atom is 0.335 e. The molecule has 1 fully saturated rings. The number of hydrogen-bond acceptors (Lipinski definition) is 10. The summed E-state index contributed by atoms with van der Waals surface area (Å²) in [6, 6.07) is 5.62. The lowest BCUT2D eigenvalue weighted by Crippen LogP contribution is -2.45. The Labute approximate surface area is 239 Å². The van der Waals surface area contributed by atoms with Crippen LogP contribution in [0, 0.1) is 12.1 Å². The number of nitrogens with zero attached hydrogens (tertiary/aromatic N) is 4. The number of thiophene rings is 1. The SMILES string of the molecule is COCc1cccnc1-n1cc(CN2CCC3(CC2)OCCc2cc(F)sc23)c(C)n1.O=C(O)[C@H](O)[C@@H](O)C(=O)O. The molecule has 0 unspecified atom stereocenters. The Kier molecular flexibility index (Phi) is 9.84. The number of fused-ring (bicyclic) bond motifs is 2. The van der Waals surface area contributed by atoms with Gasteiger partial charge in [-0.1, -0.05) is 6.07 Å². The van der Waals surface area contributed by atoms with Gasteiger partial charge in [0.2, 0.25) is 0 Å². The van der Waals surface area contributed by atoms with E-state index in [9.17, 15) is 14.0 Å². The summed E-state index contributed by atoms with van der Waals surface area (Å²) in [4.78, 5) is 27.6. The van der Waals surface area contributed by atoms with Gasteiger partial charge in [-0.05, 0) is 43.9 Å². The lowest BCUT2D eigenvalue weighted by Gasteiger charge is -2.43. The number of carboxylic acids is 2. The van der Waals surface area contributed by atoms with Gasteiger partial charge in [0.15, 0.2) is 23.2 Å². The number of piperidine rings is 1. The molecule has 1 saturated heterocycles. The van der Waals surface area contributed by atoms with Gasteiger partial charge in [-0.2, -0.15) is 9.49 Å². The molecule has 222 valence electrons. The highest BCUT2D eigenvalue weighted by Crippen LogP contribution is 2.45. The molecule has 0 amide bonds.